The van der Waals surface area contributed by atoms with Crippen LogP contribution >= 0.6 is 0 Å². The third kappa shape index (κ3) is 5.55. The predicted octanol–water partition coefficient (Wildman–Crippen LogP) is 2.75. The number of carbonyl (C=O) groups is 2. The SMILES string of the molecule is CC(=O)Nc1ccc(NC(=O)[C@@H](C)N(c2ccc(C)cc2)S(C)(=O)=O)cc1. The number of anilines is 3. The molecule has 0 aromatic heterocycles. The number of amides is 2. The normalized spacial score (nSPS) is 12.1. The molecule has 0 spiro atoms. The predicted molar refractivity (Wildman–Crippen MR) is 107 cm³/mol. The molecule has 27 heavy (non-hydrogen) atoms. The van der Waals surface area contributed by atoms with Gasteiger partial charge < -0.3 is 10.6 Å². The maximum Gasteiger partial charge on any atom is 0.247 e. The molecule has 2 N–H and O–H groups in total. The summed E-state index contributed by atoms with van der Waals surface area (Å²) in [5, 5.41) is 5.33. The average Bonchev–Trinajstić information content (AvgIpc) is 2.57. The minimum Gasteiger partial charge on any atom is -0.326 e. The molecule has 0 radical (unpaired) electrons. The second-order valence-electron chi connectivity index (χ2n) is 6.32. The van der Waals surface area contributed by atoms with Gasteiger partial charge in [-0.15, -0.1) is 0 Å². The van der Waals surface area contributed by atoms with Crippen LogP contribution in [0.25, 0.3) is 0 Å². The lowest BCUT2D eigenvalue weighted by Gasteiger charge is -2.28. The Morgan fingerprint density at radius 3 is 1.85 bits per heavy atom. The van der Waals surface area contributed by atoms with Gasteiger partial charge in [-0.05, 0) is 50.2 Å². The van der Waals surface area contributed by atoms with Crippen molar-refractivity contribution in [2.75, 3.05) is 21.2 Å². The van der Waals surface area contributed by atoms with Crippen LogP contribution in [0.15, 0.2) is 48.5 Å². The third-order valence-corrected chi connectivity index (χ3v) is 5.09. The molecule has 0 saturated carbocycles. The van der Waals surface area contributed by atoms with E-state index in [9.17, 15) is 18.0 Å². The van der Waals surface area contributed by atoms with E-state index < -0.39 is 22.0 Å². The van der Waals surface area contributed by atoms with Crippen LogP contribution in [0.3, 0.4) is 0 Å². The van der Waals surface area contributed by atoms with Gasteiger partial charge in [0.2, 0.25) is 21.8 Å². The Morgan fingerprint density at radius 1 is 0.926 bits per heavy atom. The minimum absolute atomic E-state index is 0.192. The first-order valence-corrected chi connectivity index (χ1v) is 10.2. The number of nitrogens with one attached hydrogen (secondary N) is 2. The van der Waals surface area contributed by atoms with E-state index >= 15 is 0 Å². The van der Waals surface area contributed by atoms with Crippen LogP contribution in [-0.2, 0) is 19.6 Å². The Labute approximate surface area is 159 Å². The summed E-state index contributed by atoms with van der Waals surface area (Å²) in [7, 11) is -3.66. The van der Waals surface area contributed by atoms with Gasteiger partial charge >= 0.3 is 0 Å². The lowest BCUT2D eigenvalue weighted by Crippen LogP contribution is -2.45. The molecule has 2 rings (SSSR count). The maximum absolute atomic E-state index is 12.6. The summed E-state index contributed by atoms with van der Waals surface area (Å²) in [6.45, 7) is 4.83. The number of hydrogen-bond donors (Lipinski definition) is 2. The summed E-state index contributed by atoms with van der Waals surface area (Å²) >= 11 is 0. The van der Waals surface area contributed by atoms with E-state index in [0.29, 0.717) is 17.1 Å². The highest BCUT2D eigenvalue weighted by Crippen LogP contribution is 2.22. The second kappa shape index (κ2) is 8.22. The number of carbonyl (C=O) groups excluding carboxylic acids is 2. The van der Waals surface area contributed by atoms with Crippen molar-refractivity contribution in [3.63, 3.8) is 0 Å². The van der Waals surface area contributed by atoms with Crippen LogP contribution in [-0.4, -0.2) is 32.5 Å². The van der Waals surface area contributed by atoms with Gasteiger partial charge in [-0.1, -0.05) is 17.7 Å². The van der Waals surface area contributed by atoms with Gasteiger partial charge in [0, 0.05) is 18.3 Å². The number of hydrogen-bond acceptors (Lipinski definition) is 4. The Kier molecular flexibility index (Phi) is 6.22. The van der Waals surface area contributed by atoms with Crippen LogP contribution in [0.5, 0.6) is 0 Å². The summed E-state index contributed by atoms with van der Waals surface area (Å²) in [4.78, 5) is 23.7. The highest BCUT2D eigenvalue weighted by atomic mass is 32.2. The van der Waals surface area contributed by atoms with Crippen molar-refractivity contribution in [1.29, 1.82) is 0 Å². The molecule has 2 aromatic rings. The lowest BCUT2D eigenvalue weighted by molar-refractivity contribution is -0.117. The summed E-state index contributed by atoms with van der Waals surface area (Å²) < 4.78 is 25.6. The molecule has 2 amide bonds. The number of nitrogens with zero attached hydrogens (tertiary/aromatic N) is 1. The van der Waals surface area contributed by atoms with Crippen LogP contribution in [0.2, 0.25) is 0 Å². The van der Waals surface area contributed by atoms with Crippen LogP contribution in [0.4, 0.5) is 17.1 Å². The van der Waals surface area contributed by atoms with Crippen molar-refractivity contribution >= 4 is 38.9 Å². The fraction of sp³-hybridized carbons (Fsp3) is 0.263. The van der Waals surface area contributed by atoms with Crippen LogP contribution in [0.1, 0.15) is 19.4 Å². The molecule has 0 aliphatic rings. The fourth-order valence-corrected chi connectivity index (χ4v) is 3.76. The van der Waals surface area contributed by atoms with Gasteiger partial charge in [0.15, 0.2) is 0 Å². The number of benzene rings is 2. The van der Waals surface area contributed by atoms with Gasteiger partial charge in [-0.25, -0.2) is 8.42 Å². The molecule has 0 bridgehead atoms. The van der Waals surface area contributed by atoms with E-state index in [1.807, 2.05) is 6.92 Å². The minimum atomic E-state index is -3.66. The zero-order valence-electron chi connectivity index (χ0n) is 15.7. The first-order valence-electron chi connectivity index (χ1n) is 8.32. The zero-order chi connectivity index (χ0) is 20.2. The van der Waals surface area contributed by atoms with Crippen LogP contribution < -0.4 is 14.9 Å². The first kappa shape index (κ1) is 20.4. The molecule has 0 heterocycles. The molecule has 144 valence electrons. The smallest absolute Gasteiger partial charge is 0.247 e. The molecule has 0 aliphatic heterocycles. The van der Waals surface area contributed by atoms with Gasteiger partial charge in [-0.3, -0.25) is 13.9 Å². The quantitative estimate of drug-likeness (QED) is 0.794. The molecule has 1 atom stereocenters. The molecule has 0 saturated heterocycles. The van der Waals surface area contributed by atoms with E-state index in [0.717, 1.165) is 16.1 Å². The van der Waals surface area contributed by atoms with Gasteiger partial charge in [-0.2, -0.15) is 0 Å². The summed E-state index contributed by atoms with van der Waals surface area (Å²) in [6, 6.07) is 12.5. The summed E-state index contributed by atoms with van der Waals surface area (Å²) in [5.41, 5.74) is 2.51. The summed E-state index contributed by atoms with van der Waals surface area (Å²) in [6.07, 6.45) is 1.07. The Hall–Kier alpha value is -2.87. The number of sulfonamides is 1. The average molecular weight is 389 g/mol. The first-order chi connectivity index (χ1) is 12.6. The second-order valence-corrected chi connectivity index (χ2v) is 8.18. The lowest BCUT2D eigenvalue weighted by atomic mass is 10.2. The zero-order valence-corrected chi connectivity index (χ0v) is 16.5. The van der Waals surface area contributed by atoms with Crippen molar-refractivity contribution in [3.05, 3.63) is 54.1 Å². The summed E-state index contributed by atoms with van der Waals surface area (Å²) in [5.74, 6) is -0.657. The fourth-order valence-electron chi connectivity index (χ4n) is 2.59. The van der Waals surface area contributed by atoms with E-state index in [1.54, 1.807) is 48.5 Å². The maximum atomic E-state index is 12.6. The van der Waals surface area contributed by atoms with Crippen molar-refractivity contribution in [3.8, 4) is 0 Å². The molecule has 2 aromatic carbocycles. The van der Waals surface area contributed by atoms with E-state index in [4.69, 9.17) is 0 Å². The molecular weight excluding hydrogens is 366 g/mol. The van der Waals surface area contributed by atoms with Crippen molar-refractivity contribution < 1.29 is 18.0 Å². The highest BCUT2D eigenvalue weighted by Gasteiger charge is 2.29. The monoisotopic (exact) mass is 389 g/mol. The molecule has 0 unspecified atom stereocenters. The molecule has 0 aliphatic carbocycles. The molecular formula is C19H23N3O4S. The van der Waals surface area contributed by atoms with Gasteiger partial charge in [0.25, 0.3) is 0 Å². The number of aryl methyl sites for hydroxylation is 1. The van der Waals surface area contributed by atoms with Crippen molar-refractivity contribution in [1.82, 2.24) is 0 Å². The number of rotatable bonds is 6. The molecule has 0 fully saturated rings. The largest absolute Gasteiger partial charge is 0.326 e. The van der Waals surface area contributed by atoms with Gasteiger partial charge in [0.1, 0.15) is 6.04 Å². The molecule has 7 nitrogen and oxygen atoms in total. The van der Waals surface area contributed by atoms with Crippen LogP contribution in [0, 0.1) is 6.92 Å². The van der Waals surface area contributed by atoms with E-state index in [-0.39, 0.29) is 5.91 Å². The van der Waals surface area contributed by atoms with Gasteiger partial charge in [0.05, 0.1) is 11.9 Å². The van der Waals surface area contributed by atoms with Crippen molar-refractivity contribution in [2.45, 2.75) is 26.8 Å². The topological polar surface area (TPSA) is 95.6 Å². The Bertz CT molecular complexity index is 922. The van der Waals surface area contributed by atoms with Crippen molar-refractivity contribution in [2.24, 2.45) is 0 Å². The standard InChI is InChI=1S/C19H23N3O4S/c1-13-5-11-18(12-6-13)22(27(4,25)26)14(2)19(24)21-17-9-7-16(8-10-17)20-15(3)23/h5-12,14H,1-4H3,(H,20,23)(H,21,24)/t14-/m1/s1. The third-order valence-electron chi connectivity index (χ3n) is 3.85. The van der Waals surface area contributed by atoms with E-state index in [1.165, 1.54) is 13.8 Å². The Morgan fingerprint density at radius 2 is 1.41 bits per heavy atom. The Balaban J connectivity index is 2.19. The highest BCUT2D eigenvalue weighted by molar-refractivity contribution is 7.92. The van der Waals surface area contributed by atoms with E-state index in [2.05, 4.69) is 10.6 Å². The molecule has 8 heteroatoms.